The van der Waals surface area contributed by atoms with Crippen LogP contribution in [0.4, 0.5) is 13.2 Å². The van der Waals surface area contributed by atoms with Crippen molar-refractivity contribution in [1.29, 1.82) is 0 Å². The van der Waals surface area contributed by atoms with Crippen LogP contribution < -0.4 is 0 Å². The van der Waals surface area contributed by atoms with Gasteiger partial charge in [-0.3, -0.25) is 4.79 Å². The van der Waals surface area contributed by atoms with Crippen molar-refractivity contribution in [3.05, 3.63) is 40.4 Å². The predicted octanol–water partition coefficient (Wildman–Crippen LogP) is 3.21. The van der Waals surface area contributed by atoms with Gasteiger partial charge >= 0.3 is 6.18 Å². The first kappa shape index (κ1) is 16.8. The molecule has 1 heterocycles. The molecule has 0 aromatic heterocycles. The van der Waals surface area contributed by atoms with Gasteiger partial charge in [0.1, 0.15) is 0 Å². The average molecular weight is 334 g/mol. The minimum Gasteiger partial charge on any atom is -0.396 e. The Labute approximate surface area is 131 Å². The first-order valence-corrected chi connectivity index (χ1v) is 7.13. The number of hydrogen-bond acceptors (Lipinski definition) is 2. The molecular formula is C15H15ClF3NO2. The van der Waals surface area contributed by atoms with Gasteiger partial charge < -0.3 is 10.0 Å². The lowest BCUT2D eigenvalue weighted by Gasteiger charge is -2.13. The molecule has 1 aromatic rings. The topological polar surface area (TPSA) is 40.5 Å². The summed E-state index contributed by atoms with van der Waals surface area (Å²) in [7, 11) is 0. The van der Waals surface area contributed by atoms with Gasteiger partial charge in [-0.25, -0.2) is 0 Å². The van der Waals surface area contributed by atoms with Crippen molar-refractivity contribution in [3.8, 4) is 0 Å². The molecule has 7 heteroatoms. The highest BCUT2D eigenvalue weighted by Gasteiger charge is 2.33. The summed E-state index contributed by atoms with van der Waals surface area (Å²) in [5, 5.41) is 8.66. The fourth-order valence-electron chi connectivity index (χ4n) is 2.32. The van der Waals surface area contributed by atoms with E-state index in [1.54, 1.807) is 4.90 Å². The molecule has 120 valence electrons. The second-order valence-corrected chi connectivity index (χ2v) is 5.60. The maximum Gasteiger partial charge on any atom is 0.417 e. The number of aliphatic hydroxyl groups is 1. The van der Waals surface area contributed by atoms with Crippen molar-refractivity contribution in [2.45, 2.75) is 12.6 Å². The van der Waals surface area contributed by atoms with Crippen LogP contribution in [0.1, 0.15) is 17.5 Å². The summed E-state index contributed by atoms with van der Waals surface area (Å²) in [5.74, 6) is -0.204. The number of alkyl halides is 3. The van der Waals surface area contributed by atoms with E-state index in [4.69, 9.17) is 16.7 Å². The summed E-state index contributed by atoms with van der Waals surface area (Å²) < 4.78 is 38.2. The molecule has 22 heavy (non-hydrogen) atoms. The van der Waals surface area contributed by atoms with E-state index in [0.29, 0.717) is 13.1 Å². The molecule has 1 unspecified atom stereocenters. The molecule has 0 spiro atoms. The number of nitrogens with zero attached hydrogens (tertiary/aromatic N) is 1. The van der Waals surface area contributed by atoms with Crippen LogP contribution >= 0.6 is 11.6 Å². The molecule has 1 atom stereocenters. The third-order valence-electron chi connectivity index (χ3n) is 3.57. The lowest BCUT2D eigenvalue weighted by molar-refractivity contribution is -0.137. The number of rotatable bonds is 3. The normalized spacial score (nSPS) is 19.1. The quantitative estimate of drug-likeness (QED) is 0.863. The molecule has 1 aromatic carbocycles. The third kappa shape index (κ3) is 4.01. The highest BCUT2D eigenvalue weighted by atomic mass is 35.5. The fraction of sp³-hybridized carbons (Fsp3) is 0.400. The molecule has 1 fully saturated rings. The van der Waals surface area contributed by atoms with E-state index in [1.807, 2.05) is 0 Å². The fourth-order valence-corrected chi connectivity index (χ4v) is 2.54. The Morgan fingerprint density at radius 2 is 2.18 bits per heavy atom. The highest BCUT2D eigenvalue weighted by molar-refractivity contribution is 6.31. The van der Waals surface area contributed by atoms with Gasteiger partial charge in [0.15, 0.2) is 0 Å². The SMILES string of the molecule is O=C(/C=C/c1ccc(Cl)c(C(F)(F)F)c1)N1CCC(CO)C1. The Morgan fingerprint density at radius 1 is 1.45 bits per heavy atom. The van der Waals surface area contributed by atoms with E-state index < -0.39 is 11.7 Å². The number of carbonyl (C=O) groups is 1. The summed E-state index contributed by atoms with van der Waals surface area (Å²) in [4.78, 5) is 13.5. The van der Waals surface area contributed by atoms with Gasteiger partial charge in [-0.1, -0.05) is 17.7 Å². The monoisotopic (exact) mass is 333 g/mol. The first-order chi connectivity index (χ1) is 10.3. The predicted molar refractivity (Wildman–Crippen MR) is 77.3 cm³/mol. The van der Waals surface area contributed by atoms with Crippen molar-refractivity contribution in [1.82, 2.24) is 4.90 Å². The number of amides is 1. The second-order valence-electron chi connectivity index (χ2n) is 5.19. The molecule has 1 aliphatic heterocycles. The Kier molecular flexibility index (Phi) is 5.13. The van der Waals surface area contributed by atoms with Crippen molar-refractivity contribution < 1.29 is 23.1 Å². The van der Waals surface area contributed by atoms with Crippen LogP contribution in [0.25, 0.3) is 6.08 Å². The number of aliphatic hydroxyl groups excluding tert-OH is 1. The molecule has 0 saturated carbocycles. The van der Waals surface area contributed by atoms with Gasteiger partial charge in [0.05, 0.1) is 10.6 Å². The van der Waals surface area contributed by atoms with Gasteiger partial charge in [-0.2, -0.15) is 13.2 Å². The van der Waals surface area contributed by atoms with Crippen molar-refractivity contribution >= 4 is 23.6 Å². The second kappa shape index (κ2) is 6.71. The van der Waals surface area contributed by atoms with Crippen LogP contribution in [-0.2, 0) is 11.0 Å². The zero-order valence-electron chi connectivity index (χ0n) is 11.6. The molecule has 1 aliphatic rings. The minimum absolute atomic E-state index is 0.0274. The molecule has 1 N–H and O–H groups in total. The largest absolute Gasteiger partial charge is 0.417 e. The van der Waals surface area contributed by atoms with E-state index in [9.17, 15) is 18.0 Å². The smallest absolute Gasteiger partial charge is 0.396 e. The summed E-state index contributed by atoms with van der Waals surface area (Å²) in [5.41, 5.74) is -0.673. The Bertz CT molecular complexity index is 587. The van der Waals surface area contributed by atoms with E-state index in [2.05, 4.69) is 0 Å². The van der Waals surface area contributed by atoms with Gasteiger partial charge in [0.25, 0.3) is 0 Å². The van der Waals surface area contributed by atoms with Gasteiger partial charge in [-0.15, -0.1) is 0 Å². The number of likely N-dealkylation sites (tertiary alicyclic amines) is 1. The number of halogens is 4. The van der Waals surface area contributed by atoms with Crippen molar-refractivity contribution in [2.75, 3.05) is 19.7 Å². The van der Waals surface area contributed by atoms with Crippen LogP contribution in [-0.4, -0.2) is 35.6 Å². The standard InChI is InChI=1S/C15H15ClF3NO2/c16-13-3-1-10(7-12(13)15(17,18)19)2-4-14(22)20-6-5-11(8-20)9-21/h1-4,7,11,21H,5-6,8-9H2/b4-2+. The number of hydrogen-bond donors (Lipinski definition) is 1. The lowest BCUT2D eigenvalue weighted by Crippen LogP contribution is -2.27. The number of benzene rings is 1. The molecule has 0 radical (unpaired) electrons. The van der Waals surface area contributed by atoms with Gasteiger partial charge in [-0.05, 0) is 30.2 Å². The molecule has 2 rings (SSSR count). The Hall–Kier alpha value is -1.53. The summed E-state index contributed by atoms with van der Waals surface area (Å²) in [6.07, 6.45) is -1.23. The maximum absolute atomic E-state index is 12.7. The van der Waals surface area contributed by atoms with Crippen molar-refractivity contribution in [2.24, 2.45) is 5.92 Å². The maximum atomic E-state index is 12.7. The Balaban J connectivity index is 2.09. The van der Waals surface area contributed by atoms with E-state index in [1.165, 1.54) is 18.2 Å². The van der Waals surface area contributed by atoms with Gasteiger partial charge in [0.2, 0.25) is 5.91 Å². The summed E-state index contributed by atoms with van der Waals surface area (Å²) >= 11 is 5.54. The average Bonchev–Trinajstić information content (AvgIpc) is 2.94. The zero-order chi connectivity index (χ0) is 16.3. The highest BCUT2D eigenvalue weighted by Crippen LogP contribution is 2.35. The Morgan fingerprint density at radius 3 is 2.77 bits per heavy atom. The van der Waals surface area contributed by atoms with Crippen LogP contribution in [0.5, 0.6) is 0 Å². The van der Waals surface area contributed by atoms with E-state index in [-0.39, 0.29) is 29.0 Å². The van der Waals surface area contributed by atoms with E-state index in [0.717, 1.165) is 18.6 Å². The lowest BCUT2D eigenvalue weighted by atomic mass is 10.1. The minimum atomic E-state index is -4.53. The summed E-state index contributed by atoms with van der Waals surface area (Å²) in [6.45, 7) is 1.04. The molecule has 1 saturated heterocycles. The third-order valence-corrected chi connectivity index (χ3v) is 3.90. The van der Waals surface area contributed by atoms with Gasteiger partial charge in [0, 0.05) is 31.7 Å². The molecule has 3 nitrogen and oxygen atoms in total. The van der Waals surface area contributed by atoms with Crippen molar-refractivity contribution in [3.63, 3.8) is 0 Å². The number of carbonyl (C=O) groups excluding carboxylic acids is 1. The molecule has 1 amide bonds. The molecule has 0 bridgehead atoms. The zero-order valence-corrected chi connectivity index (χ0v) is 12.4. The van der Waals surface area contributed by atoms with Crippen LogP contribution in [0.2, 0.25) is 5.02 Å². The van der Waals surface area contributed by atoms with Crippen LogP contribution in [0, 0.1) is 5.92 Å². The first-order valence-electron chi connectivity index (χ1n) is 6.76. The summed E-state index contributed by atoms with van der Waals surface area (Å²) in [6, 6.07) is 3.49. The van der Waals surface area contributed by atoms with E-state index >= 15 is 0 Å². The molecule has 0 aliphatic carbocycles. The van der Waals surface area contributed by atoms with Crippen LogP contribution in [0.15, 0.2) is 24.3 Å². The molecular weight excluding hydrogens is 319 g/mol. The van der Waals surface area contributed by atoms with Crippen LogP contribution in [0.3, 0.4) is 0 Å².